The molecule has 1 saturated heterocycles. The van der Waals surface area contributed by atoms with Gasteiger partial charge < -0.3 is 5.32 Å². The summed E-state index contributed by atoms with van der Waals surface area (Å²) in [6.07, 6.45) is 4.49. The number of hydrogen-bond donors (Lipinski definition) is 1. The van der Waals surface area contributed by atoms with Crippen molar-refractivity contribution in [2.24, 2.45) is 17.8 Å². The van der Waals surface area contributed by atoms with Gasteiger partial charge in [-0.25, -0.2) is 0 Å². The van der Waals surface area contributed by atoms with E-state index >= 15 is 0 Å². The first kappa shape index (κ1) is 10.0. The Morgan fingerprint density at radius 2 is 1.42 bits per heavy atom. The molecule has 0 aromatic rings. The summed E-state index contributed by atoms with van der Waals surface area (Å²) in [4.78, 5) is 0. The fourth-order valence-electron chi connectivity index (χ4n) is 2.11. The van der Waals surface area contributed by atoms with Crippen molar-refractivity contribution in [3.63, 3.8) is 0 Å². The highest BCUT2D eigenvalue weighted by molar-refractivity contribution is 4.85. The molecular weight excluding hydrogens is 146 g/mol. The highest BCUT2D eigenvalue weighted by Crippen LogP contribution is 2.33. The summed E-state index contributed by atoms with van der Waals surface area (Å²) in [5, 5.41) is 3.42. The number of hydrogen-bond acceptors (Lipinski definition) is 1. The molecule has 1 saturated carbocycles. The molecule has 1 N–H and O–H groups in total. The molecule has 1 heteroatoms. The molecular formula is C11H23N. The number of nitrogens with one attached hydrogen (secondary N) is 1. The molecule has 0 aromatic heterocycles. The summed E-state index contributed by atoms with van der Waals surface area (Å²) in [5.41, 5.74) is 0. The van der Waals surface area contributed by atoms with Crippen LogP contribution in [0.2, 0.25) is 0 Å². The second kappa shape index (κ2) is 4.86. The van der Waals surface area contributed by atoms with Crippen LogP contribution in [0.25, 0.3) is 0 Å². The summed E-state index contributed by atoms with van der Waals surface area (Å²) in [5.74, 6) is 2.96. The zero-order valence-electron chi connectivity index (χ0n) is 8.77. The lowest BCUT2D eigenvalue weighted by Crippen LogP contribution is -2.08. The van der Waals surface area contributed by atoms with Crippen LogP contribution in [0, 0.1) is 17.8 Å². The molecule has 72 valence electrons. The molecule has 1 nitrogen and oxygen atoms in total. The van der Waals surface area contributed by atoms with Crippen molar-refractivity contribution in [1.82, 2.24) is 5.32 Å². The van der Waals surface area contributed by atoms with Crippen LogP contribution in [-0.4, -0.2) is 13.1 Å². The van der Waals surface area contributed by atoms with Gasteiger partial charge in [0, 0.05) is 0 Å². The van der Waals surface area contributed by atoms with Gasteiger partial charge >= 0.3 is 0 Å². The molecule has 0 amide bonds. The van der Waals surface area contributed by atoms with Gasteiger partial charge in [-0.2, -0.15) is 0 Å². The molecule has 2 rings (SSSR count). The van der Waals surface area contributed by atoms with Gasteiger partial charge in [-0.05, 0) is 43.7 Å². The fourth-order valence-corrected chi connectivity index (χ4v) is 2.11. The Morgan fingerprint density at radius 1 is 1.00 bits per heavy atom. The minimum absolute atomic E-state index is 0.833. The van der Waals surface area contributed by atoms with E-state index in [0.717, 1.165) is 17.8 Å². The van der Waals surface area contributed by atoms with Gasteiger partial charge in [0.2, 0.25) is 0 Å². The van der Waals surface area contributed by atoms with Crippen molar-refractivity contribution in [2.75, 3.05) is 13.1 Å². The Labute approximate surface area is 76.9 Å². The third-order valence-corrected chi connectivity index (χ3v) is 2.63. The summed E-state index contributed by atoms with van der Waals surface area (Å²) in [6.45, 7) is 9.12. The average molecular weight is 169 g/mol. The summed E-state index contributed by atoms with van der Waals surface area (Å²) in [6, 6.07) is 0. The van der Waals surface area contributed by atoms with E-state index in [1.807, 2.05) is 0 Å². The van der Waals surface area contributed by atoms with Gasteiger partial charge in [-0.15, -0.1) is 0 Å². The van der Waals surface area contributed by atoms with Crippen molar-refractivity contribution < 1.29 is 0 Å². The van der Waals surface area contributed by atoms with Gasteiger partial charge in [0.1, 0.15) is 0 Å². The van der Waals surface area contributed by atoms with E-state index in [2.05, 4.69) is 26.1 Å². The molecule has 2 fully saturated rings. The zero-order valence-corrected chi connectivity index (χ0v) is 8.77. The predicted molar refractivity (Wildman–Crippen MR) is 54.2 cm³/mol. The van der Waals surface area contributed by atoms with Crippen LogP contribution in [0.4, 0.5) is 0 Å². The number of rotatable bonds is 0. The molecule has 0 radical (unpaired) electrons. The third-order valence-electron chi connectivity index (χ3n) is 2.63. The molecule has 0 aromatic carbocycles. The molecule has 1 aliphatic carbocycles. The monoisotopic (exact) mass is 169 g/mol. The highest BCUT2D eigenvalue weighted by atomic mass is 14.9. The van der Waals surface area contributed by atoms with Gasteiger partial charge in [-0.3, -0.25) is 0 Å². The minimum atomic E-state index is 0.833. The quantitative estimate of drug-likeness (QED) is 0.588. The summed E-state index contributed by atoms with van der Waals surface area (Å²) < 4.78 is 0. The Balaban J connectivity index is 0.000000157. The van der Waals surface area contributed by atoms with Crippen molar-refractivity contribution in [2.45, 2.75) is 40.0 Å². The van der Waals surface area contributed by atoms with Crippen LogP contribution < -0.4 is 5.32 Å². The molecule has 0 spiro atoms. The molecule has 2 atom stereocenters. The van der Waals surface area contributed by atoms with Crippen molar-refractivity contribution in [1.29, 1.82) is 0 Å². The van der Waals surface area contributed by atoms with Crippen LogP contribution in [0.15, 0.2) is 0 Å². The topological polar surface area (TPSA) is 12.0 Å². The number of fused-ring (bicyclic) bond motifs is 1. The normalized spacial score (nSPS) is 33.0. The van der Waals surface area contributed by atoms with E-state index in [1.165, 1.54) is 32.4 Å². The fraction of sp³-hybridized carbons (Fsp3) is 1.00. The maximum absolute atomic E-state index is 3.42. The molecule has 1 aliphatic heterocycles. The van der Waals surface area contributed by atoms with Crippen LogP contribution in [0.1, 0.15) is 40.0 Å². The Morgan fingerprint density at radius 3 is 1.83 bits per heavy atom. The summed E-state index contributed by atoms with van der Waals surface area (Å²) >= 11 is 0. The lowest BCUT2D eigenvalue weighted by atomic mass is 10.0. The average Bonchev–Trinajstić information content (AvgIpc) is 2.40. The second-order valence-electron chi connectivity index (χ2n) is 4.84. The molecule has 2 unspecified atom stereocenters. The maximum atomic E-state index is 3.42. The first-order valence-electron chi connectivity index (χ1n) is 5.41. The first-order valence-corrected chi connectivity index (χ1v) is 5.41. The van der Waals surface area contributed by atoms with E-state index in [-0.39, 0.29) is 0 Å². The van der Waals surface area contributed by atoms with Crippen LogP contribution in [-0.2, 0) is 0 Å². The smallest absolute Gasteiger partial charge is 0.00173 e. The Hall–Kier alpha value is -0.0400. The molecule has 1 heterocycles. The van der Waals surface area contributed by atoms with Gasteiger partial charge in [0.05, 0.1) is 0 Å². The van der Waals surface area contributed by atoms with E-state index in [0.29, 0.717) is 0 Å². The summed E-state index contributed by atoms with van der Waals surface area (Å²) in [7, 11) is 0. The lowest BCUT2D eigenvalue weighted by Gasteiger charge is -2.02. The molecule has 12 heavy (non-hydrogen) atoms. The molecule has 0 bridgehead atoms. The van der Waals surface area contributed by atoms with Crippen molar-refractivity contribution in [3.8, 4) is 0 Å². The van der Waals surface area contributed by atoms with E-state index in [1.54, 1.807) is 0 Å². The van der Waals surface area contributed by atoms with Crippen LogP contribution in [0.3, 0.4) is 0 Å². The van der Waals surface area contributed by atoms with E-state index in [9.17, 15) is 0 Å². The van der Waals surface area contributed by atoms with Crippen molar-refractivity contribution >= 4 is 0 Å². The zero-order chi connectivity index (χ0) is 8.97. The van der Waals surface area contributed by atoms with E-state index in [4.69, 9.17) is 0 Å². The first-order chi connectivity index (χ1) is 5.70. The SMILES string of the molecule is C1CC2CNCC2C1.CC(C)C. The Kier molecular flexibility index (Phi) is 4.07. The predicted octanol–water partition coefficient (Wildman–Crippen LogP) is 2.67. The van der Waals surface area contributed by atoms with Gasteiger partial charge in [0.15, 0.2) is 0 Å². The van der Waals surface area contributed by atoms with E-state index < -0.39 is 0 Å². The Bertz CT molecular complexity index is 97.4. The maximum Gasteiger partial charge on any atom is -0.00173 e. The second-order valence-corrected chi connectivity index (χ2v) is 4.84. The third kappa shape index (κ3) is 3.14. The molecule has 2 aliphatic rings. The minimum Gasteiger partial charge on any atom is -0.316 e. The largest absolute Gasteiger partial charge is 0.316 e. The van der Waals surface area contributed by atoms with Crippen molar-refractivity contribution in [3.05, 3.63) is 0 Å². The van der Waals surface area contributed by atoms with Gasteiger partial charge in [-0.1, -0.05) is 27.2 Å². The van der Waals surface area contributed by atoms with Crippen LogP contribution in [0.5, 0.6) is 0 Å². The van der Waals surface area contributed by atoms with Crippen LogP contribution >= 0.6 is 0 Å². The van der Waals surface area contributed by atoms with Gasteiger partial charge in [0.25, 0.3) is 0 Å². The standard InChI is InChI=1S/C7H13N.C4H10/c1-2-6-4-8-5-7(6)3-1;1-4(2)3/h6-8H,1-5H2;4H,1-3H3. The highest BCUT2D eigenvalue weighted by Gasteiger charge is 2.30. The lowest BCUT2D eigenvalue weighted by molar-refractivity contribution is 0.494.